The molecule has 1 amide bonds. The molecule has 2 aliphatic rings. The van der Waals surface area contributed by atoms with Gasteiger partial charge in [-0.15, -0.1) is 0 Å². The molecule has 0 atom stereocenters. The van der Waals surface area contributed by atoms with Gasteiger partial charge in [0.25, 0.3) is 0 Å². The number of hydrogen-bond donors (Lipinski definition) is 1. The van der Waals surface area contributed by atoms with Crippen molar-refractivity contribution in [1.29, 1.82) is 0 Å². The molecule has 0 unspecified atom stereocenters. The van der Waals surface area contributed by atoms with Crippen LogP contribution < -0.4 is 9.46 Å². The Balaban J connectivity index is 1.53. The predicted molar refractivity (Wildman–Crippen MR) is 104 cm³/mol. The molecule has 0 heterocycles. The number of nitrogens with one attached hydrogen (secondary N) is 1. The zero-order valence-corrected chi connectivity index (χ0v) is 16.8. The van der Waals surface area contributed by atoms with Gasteiger partial charge in [0, 0.05) is 26.1 Å². The molecule has 0 aromatic heterocycles. The second kappa shape index (κ2) is 9.06. The van der Waals surface area contributed by atoms with Gasteiger partial charge in [0.2, 0.25) is 15.9 Å². The van der Waals surface area contributed by atoms with E-state index in [9.17, 15) is 13.2 Å². The second-order valence-electron chi connectivity index (χ2n) is 7.54. The van der Waals surface area contributed by atoms with Crippen LogP contribution in [0.1, 0.15) is 58.3 Å². The van der Waals surface area contributed by atoms with Crippen LogP contribution >= 0.6 is 0 Å². The molecule has 0 saturated heterocycles. The lowest BCUT2D eigenvalue weighted by Gasteiger charge is -2.27. The first kappa shape index (κ1) is 20.1. The topological polar surface area (TPSA) is 75.7 Å². The van der Waals surface area contributed by atoms with Crippen molar-refractivity contribution in [3.63, 3.8) is 0 Å². The van der Waals surface area contributed by atoms with Crippen LogP contribution in [0, 0.1) is 0 Å². The molecule has 2 aliphatic carbocycles. The Morgan fingerprint density at radius 3 is 2.26 bits per heavy atom. The smallest absolute Gasteiger partial charge is 0.240 e. The van der Waals surface area contributed by atoms with E-state index < -0.39 is 10.0 Å². The largest absolute Gasteiger partial charge is 0.490 e. The number of sulfonamides is 1. The van der Waals surface area contributed by atoms with Gasteiger partial charge >= 0.3 is 0 Å². The first-order valence-corrected chi connectivity index (χ1v) is 11.5. The van der Waals surface area contributed by atoms with Crippen LogP contribution in [0.25, 0.3) is 0 Å². The molecule has 27 heavy (non-hydrogen) atoms. The summed E-state index contributed by atoms with van der Waals surface area (Å²) in [6, 6.07) is 6.83. The van der Waals surface area contributed by atoms with Crippen LogP contribution in [-0.4, -0.2) is 44.5 Å². The number of benzene rings is 1. The summed E-state index contributed by atoms with van der Waals surface area (Å²) < 4.78 is 33.5. The van der Waals surface area contributed by atoms with E-state index >= 15 is 0 Å². The summed E-state index contributed by atoms with van der Waals surface area (Å²) >= 11 is 0. The van der Waals surface area contributed by atoms with E-state index in [1.54, 1.807) is 36.1 Å². The minimum Gasteiger partial charge on any atom is -0.490 e. The maximum atomic E-state index is 12.5. The Hall–Kier alpha value is -1.60. The Labute approximate surface area is 162 Å². The third-order valence-corrected chi connectivity index (χ3v) is 7.03. The van der Waals surface area contributed by atoms with E-state index in [4.69, 9.17) is 4.74 Å². The van der Waals surface area contributed by atoms with E-state index in [0.717, 1.165) is 38.5 Å². The minimum atomic E-state index is -3.59. The number of nitrogens with zero attached hydrogens (tertiary/aromatic N) is 1. The Morgan fingerprint density at radius 2 is 1.67 bits per heavy atom. The SMILES string of the molecule is CC(=O)N(CCNS(=O)(=O)c1ccc(OC2CCCC2)cc1)C1CCCC1. The fourth-order valence-corrected chi connectivity index (χ4v) is 5.11. The number of ether oxygens (including phenoxy) is 1. The highest BCUT2D eigenvalue weighted by atomic mass is 32.2. The number of hydrogen-bond acceptors (Lipinski definition) is 4. The van der Waals surface area contributed by atoms with Crippen LogP contribution in [0.3, 0.4) is 0 Å². The number of carbonyl (C=O) groups is 1. The quantitative estimate of drug-likeness (QED) is 0.735. The van der Waals surface area contributed by atoms with E-state index in [1.807, 2.05) is 0 Å². The average Bonchev–Trinajstić information content (AvgIpc) is 3.33. The highest BCUT2D eigenvalue weighted by molar-refractivity contribution is 7.89. The first-order chi connectivity index (χ1) is 13.0. The molecule has 150 valence electrons. The normalized spacial score (nSPS) is 18.7. The lowest BCUT2D eigenvalue weighted by molar-refractivity contribution is -0.130. The third kappa shape index (κ3) is 5.45. The van der Waals surface area contributed by atoms with Gasteiger partial charge in [0.15, 0.2) is 0 Å². The summed E-state index contributed by atoms with van der Waals surface area (Å²) in [6.07, 6.45) is 9.05. The van der Waals surface area contributed by atoms with Gasteiger partial charge in [-0.1, -0.05) is 12.8 Å². The number of amides is 1. The highest BCUT2D eigenvalue weighted by Crippen LogP contribution is 2.25. The van der Waals surface area contributed by atoms with Gasteiger partial charge in [0.05, 0.1) is 11.0 Å². The van der Waals surface area contributed by atoms with Crippen molar-refractivity contribution in [2.45, 2.75) is 75.3 Å². The van der Waals surface area contributed by atoms with Crippen molar-refractivity contribution in [2.75, 3.05) is 13.1 Å². The van der Waals surface area contributed by atoms with Crippen LogP contribution in [0.2, 0.25) is 0 Å². The van der Waals surface area contributed by atoms with Crippen molar-refractivity contribution in [2.24, 2.45) is 0 Å². The average molecular weight is 395 g/mol. The van der Waals surface area contributed by atoms with Gasteiger partial charge in [-0.05, 0) is 62.8 Å². The number of rotatable bonds is 8. The van der Waals surface area contributed by atoms with Gasteiger partial charge in [-0.2, -0.15) is 0 Å². The van der Waals surface area contributed by atoms with E-state index in [0.29, 0.717) is 12.3 Å². The fourth-order valence-electron chi connectivity index (χ4n) is 4.09. The van der Waals surface area contributed by atoms with E-state index in [1.165, 1.54) is 12.8 Å². The standard InChI is InChI=1S/C20H30N2O4S/c1-16(23)22(17-6-2-3-7-17)15-14-21-27(24,25)20-12-10-19(11-13-20)26-18-8-4-5-9-18/h10-13,17-18,21H,2-9,14-15H2,1H3. The molecule has 0 radical (unpaired) electrons. The summed E-state index contributed by atoms with van der Waals surface area (Å²) in [7, 11) is -3.59. The van der Waals surface area contributed by atoms with Crippen molar-refractivity contribution in [1.82, 2.24) is 9.62 Å². The molecule has 3 rings (SSSR count). The molecular formula is C20H30N2O4S. The van der Waals surface area contributed by atoms with Crippen LogP contribution in [0.5, 0.6) is 5.75 Å². The molecule has 1 aromatic rings. The van der Waals surface area contributed by atoms with Crippen LogP contribution in [0.4, 0.5) is 0 Å². The van der Waals surface area contributed by atoms with Gasteiger partial charge in [-0.3, -0.25) is 4.79 Å². The summed E-state index contributed by atoms with van der Waals surface area (Å²) in [5, 5.41) is 0. The van der Waals surface area contributed by atoms with E-state index in [2.05, 4.69) is 4.72 Å². The Kier molecular flexibility index (Phi) is 6.76. The highest BCUT2D eigenvalue weighted by Gasteiger charge is 2.25. The van der Waals surface area contributed by atoms with Gasteiger partial charge < -0.3 is 9.64 Å². The van der Waals surface area contributed by atoms with Crippen LogP contribution in [0.15, 0.2) is 29.2 Å². The second-order valence-corrected chi connectivity index (χ2v) is 9.31. The minimum absolute atomic E-state index is 0.00881. The molecule has 0 aliphatic heterocycles. The number of carbonyl (C=O) groups excluding carboxylic acids is 1. The van der Waals surface area contributed by atoms with Crippen molar-refractivity contribution in [3.8, 4) is 5.75 Å². The zero-order chi connectivity index (χ0) is 19.3. The summed E-state index contributed by atoms with van der Waals surface area (Å²) in [5.74, 6) is 0.722. The maximum absolute atomic E-state index is 12.5. The molecule has 6 nitrogen and oxygen atoms in total. The molecular weight excluding hydrogens is 364 g/mol. The first-order valence-electron chi connectivity index (χ1n) is 9.99. The monoisotopic (exact) mass is 394 g/mol. The van der Waals surface area contributed by atoms with Crippen molar-refractivity contribution < 1.29 is 17.9 Å². The van der Waals surface area contributed by atoms with Crippen molar-refractivity contribution in [3.05, 3.63) is 24.3 Å². The van der Waals surface area contributed by atoms with Crippen LogP contribution in [-0.2, 0) is 14.8 Å². The van der Waals surface area contributed by atoms with Gasteiger partial charge in [-0.25, -0.2) is 13.1 Å². The molecule has 7 heteroatoms. The predicted octanol–water partition coefficient (Wildman–Crippen LogP) is 3.08. The third-order valence-electron chi connectivity index (χ3n) is 5.55. The fraction of sp³-hybridized carbons (Fsp3) is 0.650. The Morgan fingerprint density at radius 1 is 1.07 bits per heavy atom. The lowest BCUT2D eigenvalue weighted by Crippen LogP contribution is -2.42. The zero-order valence-electron chi connectivity index (χ0n) is 16.0. The lowest BCUT2D eigenvalue weighted by atomic mass is 10.2. The molecule has 2 saturated carbocycles. The Bertz CT molecular complexity index is 721. The molecule has 1 aromatic carbocycles. The summed E-state index contributed by atoms with van der Waals surface area (Å²) in [5.41, 5.74) is 0. The molecule has 1 N–H and O–H groups in total. The van der Waals surface area contributed by atoms with Crippen molar-refractivity contribution >= 4 is 15.9 Å². The molecule has 0 spiro atoms. The van der Waals surface area contributed by atoms with Gasteiger partial charge in [0.1, 0.15) is 5.75 Å². The molecule has 2 fully saturated rings. The van der Waals surface area contributed by atoms with E-state index in [-0.39, 0.29) is 29.5 Å². The maximum Gasteiger partial charge on any atom is 0.240 e. The summed E-state index contributed by atoms with van der Waals surface area (Å²) in [4.78, 5) is 13.9. The molecule has 0 bridgehead atoms. The summed E-state index contributed by atoms with van der Waals surface area (Å²) in [6.45, 7) is 2.18.